The van der Waals surface area contributed by atoms with Crippen LogP contribution in [0.25, 0.3) is 5.69 Å². The van der Waals surface area contributed by atoms with E-state index < -0.39 is 10.0 Å². The topological polar surface area (TPSA) is 63.4 Å². The number of benzene rings is 2. The quantitative estimate of drug-likeness (QED) is 0.560. The first-order valence-corrected chi connectivity index (χ1v) is 11.4. The third kappa shape index (κ3) is 4.29. The molecule has 7 nitrogen and oxygen atoms in total. The maximum atomic E-state index is 12.8. The highest BCUT2D eigenvalue weighted by Gasteiger charge is 2.28. The molecular weight excluding hydrogens is 430 g/mol. The molecule has 1 fully saturated rings. The van der Waals surface area contributed by atoms with Crippen molar-refractivity contribution in [3.05, 3.63) is 70.7 Å². The molecule has 0 aliphatic carbocycles. The van der Waals surface area contributed by atoms with Gasteiger partial charge in [-0.2, -0.15) is 9.40 Å². The van der Waals surface area contributed by atoms with Crippen LogP contribution in [0.4, 0.5) is 0 Å². The fourth-order valence-corrected chi connectivity index (χ4v) is 5.16. The van der Waals surface area contributed by atoms with Gasteiger partial charge in [-0.15, -0.1) is 0 Å². The van der Waals surface area contributed by atoms with Crippen molar-refractivity contribution >= 4 is 33.8 Å². The van der Waals surface area contributed by atoms with E-state index in [0.29, 0.717) is 47.5 Å². The Bertz CT molecular complexity index is 1150. The van der Waals surface area contributed by atoms with E-state index in [9.17, 15) is 8.42 Å². The Labute approximate surface area is 179 Å². The van der Waals surface area contributed by atoms with Gasteiger partial charge >= 0.3 is 0 Å². The van der Waals surface area contributed by atoms with E-state index >= 15 is 0 Å². The normalized spacial score (nSPS) is 16.2. The van der Waals surface area contributed by atoms with Gasteiger partial charge in [0.25, 0.3) is 0 Å². The second-order valence-electron chi connectivity index (χ2n) is 6.74. The van der Waals surface area contributed by atoms with E-state index in [1.807, 2.05) is 30.3 Å². The zero-order chi connectivity index (χ0) is 20.4. The first-order chi connectivity index (χ1) is 13.9. The lowest BCUT2D eigenvalue weighted by molar-refractivity contribution is 0.144. The molecule has 10 heteroatoms. The number of nitrogens with zero attached hydrogens (tertiary/aromatic N) is 5. The third-order valence-corrected chi connectivity index (χ3v) is 7.42. The number of hydrogen-bond donors (Lipinski definition) is 0. The number of sulfonamides is 1. The monoisotopic (exact) mass is 449 g/mol. The average Bonchev–Trinajstić information content (AvgIpc) is 3.09. The Balaban J connectivity index is 1.43. The molecule has 1 saturated heterocycles. The number of rotatable bonds is 5. The molecule has 3 aromatic rings. The Kier molecular flexibility index (Phi) is 5.84. The van der Waals surface area contributed by atoms with Crippen molar-refractivity contribution < 1.29 is 8.42 Å². The minimum absolute atomic E-state index is 0.330. The van der Waals surface area contributed by atoms with Crippen LogP contribution in [0.3, 0.4) is 0 Å². The van der Waals surface area contributed by atoms with Crippen LogP contribution in [-0.2, 0) is 16.7 Å². The minimum Gasteiger partial charge on any atom is -0.282 e. The van der Waals surface area contributed by atoms with Crippen LogP contribution in [-0.4, -0.2) is 58.1 Å². The fraction of sp³-hybridized carbons (Fsp3) is 0.263. The Hall–Kier alpha value is -2.04. The molecule has 4 rings (SSSR count). The molecule has 0 amide bonds. The molecular formula is C19H20ClN5O2S2. The summed E-state index contributed by atoms with van der Waals surface area (Å²) < 4.78 is 31.1. The van der Waals surface area contributed by atoms with Crippen molar-refractivity contribution in [2.45, 2.75) is 11.6 Å². The second-order valence-corrected chi connectivity index (χ2v) is 9.48. The van der Waals surface area contributed by atoms with Gasteiger partial charge in [-0.1, -0.05) is 35.9 Å². The summed E-state index contributed by atoms with van der Waals surface area (Å²) in [4.78, 5) is 2.47. The predicted molar refractivity (Wildman–Crippen MR) is 114 cm³/mol. The van der Waals surface area contributed by atoms with Gasteiger partial charge in [-0.05, 0) is 42.5 Å². The zero-order valence-electron chi connectivity index (χ0n) is 15.6. The smallest absolute Gasteiger partial charge is 0.243 e. The summed E-state index contributed by atoms with van der Waals surface area (Å²) in [6, 6.07) is 16.0. The molecule has 0 atom stereocenters. The van der Waals surface area contributed by atoms with Crippen LogP contribution in [0.2, 0.25) is 5.02 Å². The van der Waals surface area contributed by atoms with Crippen molar-refractivity contribution in [2.75, 3.05) is 26.2 Å². The molecule has 0 spiro atoms. The van der Waals surface area contributed by atoms with Crippen LogP contribution in [0.15, 0.2) is 65.8 Å². The highest BCUT2D eigenvalue weighted by atomic mass is 35.5. The number of hydrogen-bond acceptors (Lipinski definition) is 5. The van der Waals surface area contributed by atoms with E-state index in [-0.39, 0.29) is 0 Å². The molecule has 1 aliphatic rings. The summed E-state index contributed by atoms with van der Waals surface area (Å²) in [5.74, 6) is 0. The van der Waals surface area contributed by atoms with Crippen LogP contribution >= 0.6 is 23.8 Å². The Morgan fingerprint density at radius 2 is 1.72 bits per heavy atom. The number of piperazine rings is 1. The SMILES string of the molecule is O=S(=O)(c1ccccc1)N1CCN(Cn2ncn(-c3cccc(Cl)c3)c2=S)CC1. The minimum atomic E-state index is -3.46. The first-order valence-electron chi connectivity index (χ1n) is 9.13. The largest absolute Gasteiger partial charge is 0.282 e. The van der Waals surface area contributed by atoms with Gasteiger partial charge < -0.3 is 0 Å². The lowest BCUT2D eigenvalue weighted by Gasteiger charge is -2.33. The maximum Gasteiger partial charge on any atom is 0.243 e. The maximum absolute atomic E-state index is 12.8. The average molecular weight is 450 g/mol. The predicted octanol–water partition coefficient (Wildman–Crippen LogP) is 3.02. The lowest BCUT2D eigenvalue weighted by Crippen LogP contribution is -2.48. The van der Waals surface area contributed by atoms with Crippen molar-refractivity contribution in [3.8, 4) is 5.69 Å². The summed E-state index contributed by atoms with van der Waals surface area (Å²) in [5, 5.41) is 5.02. The summed E-state index contributed by atoms with van der Waals surface area (Å²) in [7, 11) is -3.46. The molecule has 0 saturated carbocycles. The van der Waals surface area contributed by atoms with Gasteiger partial charge in [0.2, 0.25) is 14.8 Å². The van der Waals surface area contributed by atoms with Gasteiger partial charge in [0.15, 0.2) is 0 Å². The van der Waals surface area contributed by atoms with E-state index in [1.54, 1.807) is 39.8 Å². The van der Waals surface area contributed by atoms with Gasteiger partial charge in [-0.3, -0.25) is 9.47 Å². The van der Waals surface area contributed by atoms with E-state index in [0.717, 1.165) is 5.69 Å². The Morgan fingerprint density at radius 1 is 1.00 bits per heavy atom. The molecule has 0 radical (unpaired) electrons. The van der Waals surface area contributed by atoms with Crippen LogP contribution in [0, 0.1) is 4.77 Å². The molecule has 0 unspecified atom stereocenters. The number of aromatic nitrogens is 3. The molecule has 2 heterocycles. The summed E-state index contributed by atoms with van der Waals surface area (Å²) in [6.07, 6.45) is 1.67. The van der Waals surface area contributed by atoms with Crippen molar-refractivity contribution in [2.24, 2.45) is 0 Å². The van der Waals surface area contributed by atoms with E-state index in [4.69, 9.17) is 23.8 Å². The van der Waals surface area contributed by atoms with E-state index in [2.05, 4.69) is 10.00 Å². The Morgan fingerprint density at radius 3 is 2.41 bits per heavy atom. The molecule has 29 heavy (non-hydrogen) atoms. The van der Waals surface area contributed by atoms with Crippen molar-refractivity contribution in [1.29, 1.82) is 0 Å². The van der Waals surface area contributed by atoms with Gasteiger partial charge in [0.05, 0.1) is 17.3 Å². The molecule has 0 bridgehead atoms. The highest BCUT2D eigenvalue weighted by Crippen LogP contribution is 2.18. The van der Waals surface area contributed by atoms with Crippen molar-refractivity contribution in [1.82, 2.24) is 23.6 Å². The lowest BCUT2D eigenvalue weighted by atomic mass is 10.3. The molecule has 2 aromatic carbocycles. The van der Waals surface area contributed by atoms with Crippen molar-refractivity contribution in [3.63, 3.8) is 0 Å². The molecule has 1 aliphatic heterocycles. The fourth-order valence-electron chi connectivity index (χ4n) is 3.28. The van der Waals surface area contributed by atoms with E-state index in [1.165, 1.54) is 4.31 Å². The standard InChI is InChI=1S/C19H20ClN5O2S2/c20-16-5-4-6-17(13-16)24-14-21-25(19(24)28)15-22-9-11-23(12-10-22)29(26,27)18-7-2-1-3-8-18/h1-8,13-14H,9-12,15H2. The molecule has 0 N–H and O–H groups in total. The van der Waals surface area contributed by atoms with Crippen LogP contribution in [0.1, 0.15) is 0 Å². The summed E-state index contributed by atoms with van der Waals surface area (Å²) >= 11 is 11.6. The highest BCUT2D eigenvalue weighted by molar-refractivity contribution is 7.89. The van der Waals surface area contributed by atoms with Gasteiger partial charge in [0.1, 0.15) is 6.33 Å². The first kappa shape index (κ1) is 20.2. The van der Waals surface area contributed by atoms with Crippen LogP contribution < -0.4 is 0 Å². The summed E-state index contributed by atoms with van der Waals surface area (Å²) in [5.41, 5.74) is 0.854. The molecule has 1 aromatic heterocycles. The zero-order valence-corrected chi connectivity index (χ0v) is 17.9. The van der Waals surface area contributed by atoms with Gasteiger partial charge in [0, 0.05) is 31.2 Å². The van der Waals surface area contributed by atoms with Gasteiger partial charge in [-0.25, -0.2) is 13.1 Å². The third-order valence-electron chi connectivity index (χ3n) is 4.87. The summed E-state index contributed by atoms with van der Waals surface area (Å²) in [6.45, 7) is 2.58. The second kappa shape index (κ2) is 8.37. The van der Waals surface area contributed by atoms with Crippen LogP contribution in [0.5, 0.6) is 0 Å². The number of halogens is 1. The molecule has 152 valence electrons.